The van der Waals surface area contributed by atoms with Gasteiger partial charge in [0.2, 0.25) is 11.7 Å². The maximum atomic E-state index is 6.01. The first-order chi connectivity index (χ1) is 8.22. The van der Waals surface area contributed by atoms with Gasteiger partial charge in [0.15, 0.2) is 0 Å². The monoisotopic (exact) mass is 252 g/mol. The molecule has 0 saturated carbocycles. The molecule has 2 aromatic rings. The van der Waals surface area contributed by atoms with Crippen LogP contribution in [0, 0.1) is 0 Å². The molecule has 17 heavy (non-hydrogen) atoms. The smallest absolute Gasteiger partial charge is 0.243 e. The van der Waals surface area contributed by atoms with Crippen LogP contribution in [0.1, 0.15) is 25.8 Å². The predicted molar refractivity (Wildman–Crippen MR) is 64.6 cm³/mol. The van der Waals surface area contributed by atoms with E-state index in [9.17, 15) is 0 Å². The average Bonchev–Trinajstić information content (AvgIpc) is 2.79. The van der Waals surface area contributed by atoms with Crippen molar-refractivity contribution in [2.24, 2.45) is 0 Å². The summed E-state index contributed by atoms with van der Waals surface area (Å²) in [7, 11) is 0. The van der Waals surface area contributed by atoms with Crippen LogP contribution in [-0.2, 0) is 0 Å². The van der Waals surface area contributed by atoms with Crippen LogP contribution >= 0.6 is 11.6 Å². The lowest BCUT2D eigenvalue weighted by Gasteiger charge is -2.05. The maximum Gasteiger partial charge on any atom is 0.243 e. The molecular weight excluding hydrogens is 240 g/mol. The topological polar surface area (TPSA) is 63.8 Å². The van der Waals surface area contributed by atoms with Crippen molar-refractivity contribution in [2.75, 3.05) is 6.54 Å². The van der Waals surface area contributed by atoms with E-state index in [0.717, 1.165) is 6.54 Å². The van der Waals surface area contributed by atoms with Crippen LogP contribution in [-0.4, -0.2) is 21.7 Å². The summed E-state index contributed by atoms with van der Waals surface area (Å²) in [4.78, 5) is 8.40. The van der Waals surface area contributed by atoms with Crippen molar-refractivity contribution < 1.29 is 4.52 Å². The van der Waals surface area contributed by atoms with Crippen molar-refractivity contribution in [3.63, 3.8) is 0 Å². The van der Waals surface area contributed by atoms with Gasteiger partial charge in [0.1, 0.15) is 5.69 Å². The van der Waals surface area contributed by atoms with Crippen LogP contribution in [0.3, 0.4) is 0 Å². The Morgan fingerprint density at radius 1 is 1.53 bits per heavy atom. The standard InChI is InChI=1S/C11H13ClN4O/c1-3-13-7(2)11-15-10(16-17-11)9-8(12)5-4-6-14-9/h4-7,13H,3H2,1-2H3. The Morgan fingerprint density at radius 2 is 2.35 bits per heavy atom. The molecule has 0 amide bonds. The number of nitrogens with one attached hydrogen (secondary N) is 1. The van der Waals surface area contributed by atoms with Gasteiger partial charge in [-0.05, 0) is 25.6 Å². The Hall–Kier alpha value is -1.46. The zero-order valence-corrected chi connectivity index (χ0v) is 10.4. The van der Waals surface area contributed by atoms with Gasteiger partial charge in [0.25, 0.3) is 0 Å². The molecule has 1 N–H and O–H groups in total. The Morgan fingerprint density at radius 3 is 3.06 bits per heavy atom. The first-order valence-electron chi connectivity index (χ1n) is 5.40. The van der Waals surface area contributed by atoms with Gasteiger partial charge in [-0.15, -0.1) is 0 Å². The number of pyridine rings is 1. The van der Waals surface area contributed by atoms with Gasteiger partial charge in [-0.25, -0.2) is 0 Å². The Bertz CT molecular complexity index is 500. The first-order valence-corrected chi connectivity index (χ1v) is 5.78. The van der Waals surface area contributed by atoms with E-state index in [4.69, 9.17) is 16.1 Å². The quantitative estimate of drug-likeness (QED) is 0.906. The van der Waals surface area contributed by atoms with Gasteiger partial charge < -0.3 is 9.84 Å². The van der Waals surface area contributed by atoms with E-state index >= 15 is 0 Å². The number of halogens is 1. The second-order valence-electron chi connectivity index (χ2n) is 3.57. The number of hydrogen-bond donors (Lipinski definition) is 1. The highest BCUT2D eigenvalue weighted by molar-refractivity contribution is 6.32. The third kappa shape index (κ3) is 2.62. The third-order valence-electron chi connectivity index (χ3n) is 2.29. The zero-order valence-electron chi connectivity index (χ0n) is 9.64. The SMILES string of the molecule is CCNC(C)c1nc(-c2ncccc2Cl)no1. The van der Waals surface area contributed by atoms with E-state index in [0.29, 0.717) is 22.4 Å². The molecule has 1 atom stereocenters. The predicted octanol–water partition coefficient (Wildman–Crippen LogP) is 2.46. The Kier molecular flexibility index (Phi) is 3.71. The van der Waals surface area contributed by atoms with Crippen LogP contribution in [0.5, 0.6) is 0 Å². The molecule has 0 aliphatic rings. The molecule has 1 unspecified atom stereocenters. The third-order valence-corrected chi connectivity index (χ3v) is 2.60. The molecule has 2 heterocycles. The van der Waals surface area contributed by atoms with E-state index in [1.807, 2.05) is 13.8 Å². The minimum absolute atomic E-state index is 0.0173. The molecule has 0 fully saturated rings. The van der Waals surface area contributed by atoms with E-state index < -0.39 is 0 Å². The van der Waals surface area contributed by atoms with E-state index in [1.54, 1.807) is 18.3 Å². The summed E-state index contributed by atoms with van der Waals surface area (Å²) < 4.78 is 5.17. The molecule has 6 heteroatoms. The number of aromatic nitrogens is 3. The van der Waals surface area contributed by atoms with Gasteiger partial charge >= 0.3 is 0 Å². The van der Waals surface area contributed by atoms with E-state index in [2.05, 4.69) is 20.4 Å². The van der Waals surface area contributed by atoms with Crippen molar-refractivity contribution in [1.29, 1.82) is 0 Å². The largest absolute Gasteiger partial charge is 0.337 e. The number of hydrogen-bond acceptors (Lipinski definition) is 5. The van der Waals surface area contributed by atoms with Crippen molar-refractivity contribution in [2.45, 2.75) is 19.9 Å². The van der Waals surface area contributed by atoms with Gasteiger partial charge in [-0.1, -0.05) is 23.7 Å². The minimum atomic E-state index is 0.0173. The Balaban J connectivity index is 2.27. The summed E-state index contributed by atoms with van der Waals surface area (Å²) in [5, 5.41) is 7.58. The van der Waals surface area contributed by atoms with Gasteiger partial charge in [0, 0.05) is 6.20 Å². The summed E-state index contributed by atoms with van der Waals surface area (Å²) in [6.45, 7) is 4.81. The lowest BCUT2D eigenvalue weighted by molar-refractivity contribution is 0.342. The molecule has 2 rings (SSSR count). The molecule has 0 aromatic carbocycles. The van der Waals surface area contributed by atoms with Crippen LogP contribution in [0.4, 0.5) is 0 Å². The van der Waals surface area contributed by atoms with Crippen LogP contribution in [0.2, 0.25) is 5.02 Å². The maximum absolute atomic E-state index is 6.01. The molecule has 2 aromatic heterocycles. The summed E-state index contributed by atoms with van der Waals surface area (Å²) in [5.41, 5.74) is 0.535. The summed E-state index contributed by atoms with van der Waals surface area (Å²) in [6.07, 6.45) is 1.64. The fourth-order valence-electron chi connectivity index (χ4n) is 1.45. The van der Waals surface area contributed by atoms with Crippen LogP contribution < -0.4 is 5.32 Å². The van der Waals surface area contributed by atoms with Crippen molar-refractivity contribution in [3.8, 4) is 11.5 Å². The highest BCUT2D eigenvalue weighted by Crippen LogP contribution is 2.23. The Labute approximate surface area is 104 Å². The fourth-order valence-corrected chi connectivity index (χ4v) is 1.66. The van der Waals surface area contributed by atoms with Crippen molar-refractivity contribution >= 4 is 11.6 Å². The summed E-state index contributed by atoms with van der Waals surface area (Å²) in [6, 6.07) is 3.52. The second-order valence-corrected chi connectivity index (χ2v) is 3.98. The molecule has 0 aliphatic carbocycles. The molecule has 0 bridgehead atoms. The molecule has 0 radical (unpaired) electrons. The van der Waals surface area contributed by atoms with Gasteiger partial charge in [-0.2, -0.15) is 4.98 Å². The lowest BCUT2D eigenvalue weighted by Crippen LogP contribution is -2.17. The normalized spacial score (nSPS) is 12.6. The van der Waals surface area contributed by atoms with Crippen LogP contribution in [0.15, 0.2) is 22.9 Å². The molecule has 5 nitrogen and oxygen atoms in total. The van der Waals surface area contributed by atoms with Gasteiger partial charge in [0.05, 0.1) is 11.1 Å². The van der Waals surface area contributed by atoms with Crippen molar-refractivity contribution in [1.82, 2.24) is 20.4 Å². The highest BCUT2D eigenvalue weighted by atomic mass is 35.5. The van der Waals surface area contributed by atoms with Crippen molar-refractivity contribution in [3.05, 3.63) is 29.2 Å². The lowest BCUT2D eigenvalue weighted by atomic mass is 10.3. The molecule has 90 valence electrons. The molecule has 0 saturated heterocycles. The molecular formula is C11H13ClN4O. The van der Waals surface area contributed by atoms with Crippen LogP contribution in [0.25, 0.3) is 11.5 Å². The summed E-state index contributed by atoms with van der Waals surface area (Å²) >= 11 is 6.01. The second kappa shape index (κ2) is 5.25. The minimum Gasteiger partial charge on any atom is -0.337 e. The highest BCUT2D eigenvalue weighted by Gasteiger charge is 2.16. The fraction of sp³-hybridized carbons (Fsp3) is 0.364. The first kappa shape index (κ1) is 12.0. The van der Waals surface area contributed by atoms with Gasteiger partial charge in [-0.3, -0.25) is 4.98 Å². The molecule has 0 spiro atoms. The number of rotatable bonds is 4. The van der Waals surface area contributed by atoms with E-state index in [-0.39, 0.29) is 6.04 Å². The number of nitrogens with zero attached hydrogens (tertiary/aromatic N) is 3. The molecule has 0 aliphatic heterocycles. The summed E-state index contributed by atoms with van der Waals surface area (Å²) in [5.74, 6) is 0.943. The zero-order chi connectivity index (χ0) is 12.3. The average molecular weight is 253 g/mol. The van der Waals surface area contributed by atoms with E-state index in [1.165, 1.54) is 0 Å².